The summed E-state index contributed by atoms with van der Waals surface area (Å²) in [7, 11) is 0. The number of hydrogen-bond acceptors (Lipinski definition) is 7. The van der Waals surface area contributed by atoms with Crippen LogP contribution in [0, 0.1) is 0 Å². The van der Waals surface area contributed by atoms with Gasteiger partial charge in [0.05, 0.1) is 17.4 Å². The number of rotatable bonds is 5. The highest BCUT2D eigenvalue weighted by molar-refractivity contribution is 5.95. The molecule has 3 aromatic rings. The Morgan fingerprint density at radius 3 is 2.77 bits per heavy atom. The van der Waals surface area contributed by atoms with Crippen molar-refractivity contribution in [1.29, 1.82) is 0 Å². The standard InChI is InChI=1S/C21H19N5O4/c27-18(12-20(29)30-14-5-2-1-3-6-14)24-16-7-4-10-26-19(28)11-17(25-21(16)26)15-8-9-22-13-23-15/h1-3,5-6,8-9,11,13,16H,4,7,10,12H2,(H,24,27). The smallest absolute Gasteiger partial charge is 0.320 e. The lowest BCUT2D eigenvalue weighted by Gasteiger charge is -2.26. The monoisotopic (exact) mass is 405 g/mol. The van der Waals surface area contributed by atoms with E-state index in [1.165, 1.54) is 12.4 Å². The first kappa shape index (κ1) is 19.4. The van der Waals surface area contributed by atoms with Crippen LogP contribution in [0.4, 0.5) is 0 Å². The zero-order valence-electron chi connectivity index (χ0n) is 16.0. The molecule has 4 rings (SSSR count). The number of fused-ring (bicyclic) bond motifs is 1. The van der Waals surface area contributed by atoms with Crippen LogP contribution in [-0.4, -0.2) is 31.4 Å². The molecule has 0 saturated heterocycles. The van der Waals surface area contributed by atoms with Crippen LogP contribution in [0.3, 0.4) is 0 Å². The fourth-order valence-corrected chi connectivity index (χ4v) is 3.34. The molecule has 1 N–H and O–H groups in total. The van der Waals surface area contributed by atoms with E-state index in [0.29, 0.717) is 42.3 Å². The fraction of sp³-hybridized carbons (Fsp3) is 0.238. The molecule has 30 heavy (non-hydrogen) atoms. The predicted molar refractivity (Wildman–Crippen MR) is 106 cm³/mol. The Bertz CT molecular complexity index is 1120. The van der Waals surface area contributed by atoms with Gasteiger partial charge in [0, 0.05) is 18.8 Å². The highest BCUT2D eigenvalue weighted by Gasteiger charge is 2.26. The molecule has 0 spiro atoms. The van der Waals surface area contributed by atoms with E-state index in [-0.39, 0.29) is 5.56 Å². The van der Waals surface area contributed by atoms with Crippen molar-refractivity contribution in [1.82, 2.24) is 24.8 Å². The zero-order chi connectivity index (χ0) is 20.9. The number of nitrogens with zero attached hydrogens (tertiary/aromatic N) is 4. The first-order valence-corrected chi connectivity index (χ1v) is 9.53. The van der Waals surface area contributed by atoms with Crippen molar-refractivity contribution in [2.45, 2.75) is 31.8 Å². The summed E-state index contributed by atoms with van der Waals surface area (Å²) in [5, 5.41) is 2.80. The quantitative estimate of drug-likeness (QED) is 0.390. The Kier molecular flexibility index (Phi) is 5.60. The second kappa shape index (κ2) is 8.64. The van der Waals surface area contributed by atoms with Gasteiger partial charge in [-0.2, -0.15) is 0 Å². The number of hydrogen-bond donors (Lipinski definition) is 1. The van der Waals surface area contributed by atoms with Crippen molar-refractivity contribution in [3.63, 3.8) is 0 Å². The molecule has 1 aliphatic rings. The first-order chi connectivity index (χ1) is 14.6. The number of amides is 1. The lowest BCUT2D eigenvalue weighted by atomic mass is 10.1. The number of benzene rings is 1. The Hall–Kier alpha value is -3.88. The van der Waals surface area contributed by atoms with Gasteiger partial charge in [-0.3, -0.25) is 19.0 Å². The van der Waals surface area contributed by atoms with Gasteiger partial charge in [0.1, 0.15) is 24.3 Å². The van der Waals surface area contributed by atoms with Gasteiger partial charge in [0.15, 0.2) is 0 Å². The van der Waals surface area contributed by atoms with Gasteiger partial charge in [-0.15, -0.1) is 0 Å². The van der Waals surface area contributed by atoms with Crippen LogP contribution in [0.1, 0.15) is 31.1 Å². The molecule has 0 fully saturated rings. The van der Waals surface area contributed by atoms with Crippen molar-refractivity contribution in [3.05, 3.63) is 71.2 Å². The number of nitrogens with one attached hydrogen (secondary N) is 1. The molecule has 0 saturated carbocycles. The second-order valence-corrected chi connectivity index (χ2v) is 6.81. The summed E-state index contributed by atoms with van der Waals surface area (Å²) in [5.74, 6) is -0.321. The van der Waals surface area contributed by atoms with Gasteiger partial charge < -0.3 is 10.1 Å². The van der Waals surface area contributed by atoms with E-state index in [0.717, 1.165) is 0 Å². The Labute approximate surface area is 171 Å². The average molecular weight is 405 g/mol. The van der Waals surface area contributed by atoms with Crippen LogP contribution >= 0.6 is 0 Å². The lowest BCUT2D eigenvalue weighted by Crippen LogP contribution is -2.39. The third-order valence-corrected chi connectivity index (χ3v) is 4.68. The van der Waals surface area contributed by atoms with Crippen molar-refractivity contribution in [2.24, 2.45) is 0 Å². The molecule has 1 amide bonds. The molecule has 9 heteroatoms. The van der Waals surface area contributed by atoms with Gasteiger partial charge in [0.2, 0.25) is 5.91 Å². The number of para-hydroxylation sites is 1. The SMILES string of the molecule is O=C(CC(=O)Oc1ccccc1)NC1CCCn2c1nc(-c1ccncn1)cc2=O. The van der Waals surface area contributed by atoms with Crippen molar-refractivity contribution < 1.29 is 14.3 Å². The number of ether oxygens (including phenoxy) is 1. The Morgan fingerprint density at radius 1 is 1.17 bits per heavy atom. The van der Waals surface area contributed by atoms with E-state index in [9.17, 15) is 14.4 Å². The maximum atomic E-state index is 12.6. The number of esters is 1. The minimum Gasteiger partial charge on any atom is -0.426 e. The average Bonchev–Trinajstić information content (AvgIpc) is 2.75. The first-order valence-electron chi connectivity index (χ1n) is 9.53. The van der Waals surface area contributed by atoms with Crippen molar-refractivity contribution >= 4 is 11.9 Å². The van der Waals surface area contributed by atoms with Crippen LogP contribution in [0.2, 0.25) is 0 Å². The number of aromatic nitrogens is 4. The number of carbonyl (C=O) groups is 2. The van der Waals surface area contributed by atoms with E-state index in [4.69, 9.17) is 4.74 Å². The summed E-state index contributed by atoms with van der Waals surface area (Å²) in [4.78, 5) is 49.6. The summed E-state index contributed by atoms with van der Waals surface area (Å²) >= 11 is 0. The summed E-state index contributed by atoms with van der Waals surface area (Å²) in [6, 6.07) is 11.2. The maximum absolute atomic E-state index is 12.6. The molecule has 152 valence electrons. The highest BCUT2D eigenvalue weighted by atomic mass is 16.5. The molecule has 0 aliphatic carbocycles. The van der Waals surface area contributed by atoms with Crippen LogP contribution < -0.4 is 15.6 Å². The Morgan fingerprint density at radius 2 is 2.00 bits per heavy atom. The van der Waals surface area contributed by atoms with Crippen LogP contribution in [0.25, 0.3) is 11.4 Å². The predicted octanol–water partition coefficient (Wildman–Crippen LogP) is 1.65. The number of carbonyl (C=O) groups excluding carboxylic acids is 2. The largest absolute Gasteiger partial charge is 0.426 e. The van der Waals surface area contributed by atoms with Crippen LogP contribution in [-0.2, 0) is 16.1 Å². The van der Waals surface area contributed by atoms with E-state index < -0.39 is 24.3 Å². The molecule has 2 aromatic heterocycles. The summed E-state index contributed by atoms with van der Waals surface area (Å²) in [6.07, 6.45) is 3.84. The molecule has 1 unspecified atom stereocenters. The van der Waals surface area contributed by atoms with Gasteiger partial charge in [-0.05, 0) is 31.0 Å². The molecule has 3 heterocycles. The van der Waals surface area contributed by atoms with Gasteiger partial charge in [0.25, 0.3) is 5.56 Å². The fourth-order valence-electron chi connectivity index (χ4n) is 3.34. The van der Waals surface area contributed by atoms with Gasteiger partial charge >= 0.3 is 5.97 Å². The molecular formula is C21H19N5O4. The van der Waals surface area contributed by atoms with E-state index in [1.54, 1.807) is 47.2 Å². The van der Waals surface area contributed by atoms with E-state index in [2.05, 4.69) is 20.3 Å². The normalized spacial score (nSPS) is 15.1. The summed E-state index contributed by atoms with van der Waals surface area (Å²) < 4.78 is 6.70. The molecular weight excluding hydrogens is 386 g/mol. The summed E-state index contributed by atoms with van der Waals surface area (Å²) in [6.45, 7) is 0.521. The molecule has 9 nitrogen and oxygen atoms in total. The third-order valence-electron chi connectivity index (χ3n) is 4.68. The molecule has 1 aliphatic heterocycles. The minimum absolute atomic E-state index is 0.212. The zero-order valence-corrected chi connectivity index (χ0v) is 16.0. The molecule has 0 bridgehead atoms. The van der Waals surface area contributed by atoms with Crippen LogP contribution in [0.5, 0.6) is 5.75 Å². The van der Waals surface area contributed by atoms with E-state index in [1.807, 2.05) is 0 Å². The van der Waals surface area contributed by atoms with Crippen LogP contribution in [0.15, 0.2) is 59.8 Å². The van der Waals surface area contributed by atoms with E-state index >= 15 is 0 Å². The van der Waals surface area contributed by atoms with Gasteiger partial charge in [-0.25, -0.2) is 15.0 Å². The van der Waals surface area contributed by atoms with Gasteiger partial charge in [-0.1, -0.05) is 18.2 Å². The summed E-state index contributed by atoms with van der Waals surface area (Å²) in [5.41, 5.74) is 0.724. The van der Waals surface area contributed by atoms with Crippen molar-refractivity contribution in [3.8, 4) is 17.1 Å². The third kappa shape index (κ3) is 4.40. The minimum atomic E-state index is -0.658. The molecule has 1 aromatic carbocycles. The highest BCUT2D eigenvalue weighted by Crippen LogP contribution is 2.24. The van der Waals surface area contributed by atoms with Crippen molar-refractivity contribution in [2.75, 3.05) is 0 Å². The molecule has 1 atom stereocenters. The maximum Gasteiger partial charge on any atom is 0.320 e. The lowest BCUT2D eigenvalue weighted by molar-refractivity contribution is -0.138. The molecule has 0 radical (unpaired) electrons. The topological polar surface area (TPSA) is 116 Å². The Balaban J connectivity index is 1.50. The second-order valence-electron chi connectivity index (χ2n) is 6.81.